The van der Waals surface area contributed by atoms with Crippen LogP contribution in [-0.2, 0) is 21.6 Å². The van der Waals surface area contributed by atoms with Gasteiger partial charge >= 0.3 is 0 Å². The molecular weight excluding hydrogens is 547 g/mol. The second-order valence-corrected chi connectivity index (χ2v) is 12.0. The maximum Gasteiger partial charge on any atom is 0.259 e. The number of amides is 1. The second kappa shape index (κ2) is 11.2. The minimum atomic E-state index is -0.510. The molecule has 1 spiro atoms. The standard InChI is InChI=1S/C33H35FN6O3/c1-40-19-28-23(33(40)12-15-43-16-13-33)9-10-29(39-28)38-27-18-26(37-25-11-14-35-32(42)30(25)27)22-8-7-21(17-24(22)34)36-31(41)20-5-3-2-4-6-20/h7-11,14,17-18,20H,2-6,12-13,15-16,19H2,1H3,(H,35,42)(H,36,41)(H,37,38,39). The Morgan fingerprint density at radius 3 is 2.67 bits per heavy atom. The molecule has 4 aromatic rings. The lowest BCUT2D eigenvalue weighted by Gasteiger charge is -2.40. The van der Waals surface area contributed by atoms with E-state index in [4.69, 9.17) is 9.72 Å². The summed E-state index contributed by atoms with van der Waals surface area (Å²) in [5.74, 6) is 0.00160. The number of hydrogen-bond acceptors (Lipinski definition) is 7. The molecule has 0 unspecified atom stereocenters. The van der Waals surface area contributed by atoms with Crippen molar-refractivity contribution in [1.82, 2.24) is 19.9 Å². The number of nitrogens with one attached hydrogen (secondary N) is 3. The average molecular weight is 583 g/mol. The molecule has 0 bridgehead atoms. The van der Waals surface area contributed by atoms with E-state index in [2.05, 4.69) is 38.6 Å². The third-order valence-corrected chi connectivity index (χ3v) is 9.39. The fourth-order valence-corrected chi connectivity index (χ4v) is 7.03. The normalized spacial score (nSPS) is 18.6. The molecule has 2 aliphatic heterocycles. The van der Waals surface area contributed by atoms with Crippen LogP contribution < -0.4 is 16.2 Å². The summed E-state index contributed by atoms with van der Waals surface area (Å²) in [7, 11) is 2.13. The number of ether oxygens (including phenoxy) is 1. The lowest BCUT2D eigenvalue weighted by atomic mass is 9.84. The molecule has 5 heterocycles. The van der Waals surface area contributed by atoms with Gasteiger partial charge in [0.2, 0.25) is 5.91 Å². The zero-order chi connectivity index (χ0) is 29.6. The van der Waals surface area contributed by atoms with Crippen molar-refractivity contribution < 1.29 is 13.9 Å². The third-order valence-electron chi connectivity index (χ3n) is 9.39. The summed E-state index contributed by atoms with van der Waals surface area (Å²) >= 11 is 0. The zero-order valence-electron chi connectivity index (χ0n) is 24.2. The molecule has 43 heavy (non-hydrogen) atoms. The van der Waals surface area contributed by atoms with Crippen LogP contribution in [0.4, 0.5) is 21.6 Å². The minimum absolute atomic E-state index is 0.0270. The number of hydrogen-bond donors (Lipinski definition) is 3. The molecule has 10 heteroatoms. The molecule has 7 rings (SSSR count). The number of nitrogens with zero attached hydrogens (tertiary/aromatic N) is 3. The molecule has 1 saturated heterocycles. The fourth-order valence-electron chi connectivity index (χ4n) is 7.03. The number of aromatic nitrogens is 3. The van der Waals surface area contributed by atoms with Crippen LogP contribution in [0.2, 0.25) is 0 Å². The van der Waals surface area contributed by atoms with E-state index in [0.717, 1.165) is 70.4 Å². The number of aromatic amines is 1. The first kappa shape index (κ1) is 27.7. The first-order chi connectivity index (χ1) is 20.9. The highest BCUT2D eigenvalue weighted by atomic mass is 19.1. The van der Waals surface area contributed by atoms with Gasteiger partial charge in [0.1, 0.15) is 11.6 Å². The molecule has 3 aliphatic rings. The molecule has 2 fully saturated rings. The summed E-state index contributed by atoms with van der Waals surface area (Å²) in [5.41, 5.74) is 3.82. The van der Waals surface area contributed by atoms with Crippen LogP contribution in [0.15, 0.2) is 53.5 Å². The topological polar surface area (TPSA) is 112 Å². The molecular formula is C33H35FN6O3. The highest BCUT2D eigenvalue weighted by Crippen LogP contribution is 2.45. The molecule has 1 aliphatic carbocycles. The van der Waals surface area contributed by atoms with Gasteiger partial charge in [-0.3, -0.25) is 14.5 Å². The van der Waals surface area contributed by atoms with Crippen molar-refractivity contribution in [2.75, 3.05) is 30.9 Å². The van der Waals surface area contributed by atoms with Gasteiger partial charge in [-0.1, -0.05) is 25.3 Å². The monoisotopic (exact) mass is 582 g/mol. The molecule has 1 amide bonds. The predicted octanol–water partition coefficient (Wildman–Crippen LogP) is 5.84. The lowest BCUT2D eigenvalue weighted by Crippen LogP contribution is -2.43. The Morgan fingerprint density at radius 2 is 1.88 bits per heavy atom. The summed E-state index contributed by atoms with van der Waals surface area (Å²) < 4.78 is 21.2. The first-order valence-electron chi connectivity index (χ1n) is 15.1. The van der Waals surface area contributed by atoms with E-state index in [1.807, 2.05) is 6.07 Å². The van der Waals surface area contributed by atoms with Gasteiger partial charge in [-0.05, 0) is 74.7 Å². The van der Waals surface area contributed by atoms with Gasteiger partial charge in [0.25, 0.3) is 5.56 Å². The minimum Gasteiger partial charge on any atom is -0.381 e. The third kappa shape index (κ3) is 5.08. The predicted molar refractivity (Wildman–Crippen MR) is 164 cm³/mol. The largest absolute Gasteiger partial charge is 0.381 e. The van der Waals surface area contributed by atoms with E-state index >= 15 is 4.39 Å². The number of carbonyl (C=O) groups is 1. The van der Waals surface area contributed by atoms with Crippen LogP contribution in [0.25, 0.3) is 22.2 Å². The molecule has 1 aromatic carbocycles. The Bertz CT molecular complexity index is 1760. The van der Waals surface area contributed by atoms with E-state index < -0.39 is 5.82 Å². The first-order valence-corrected chi connectivity index (χ1v) is 15.1. The van der Waals surface area contributed by atoms with Crippen LogP contribution in [-0.4, -0.2) is 46.0 Å². The summed E-state index contributed by atoms with van der Waals surface area (Å²) in [6, 6.07) is 12.1. The smallest absolute Gasteiger partial charge is 0.259 e. The van der Waals surface area contributed by atoms with Gasteiger partial charge in [0, 0.05) is 43.1 Å². The van der Waals surface area contributed by atoms with Crippen molar-refractivity contribution in [2.45, 2.75) is 57.0 Å². The number of pyridine rings is 3. The summed E-state index contributed by atoms with van der Waals surface area (Å²) in [4.78, 5) is 40.3. The number of benzene rings is 1. The molecule has 0 atom stereocenters. The van der Waals surface area contributed by atoms with Crippen LogP contribution in [0.5, 0.6) is 0 Å². The van der Waals surface area contributed by atoms with Crippen molar-refractivity contribution in [3.8, 4) is 11.3 Å². The Morgan fingerprint density at radius 1 is 1.07 bits per heavy atom. The molecule has 1 saturated carbocycles. The van der Waals surface area contributed by atoms with Gasteiger partial charge in [0.15, 0.2) is 0 Å². The summed E-state index contributed by atoms with van der Waals surface area (Å²) in [6.07, 6.45) is 8.37. The van der Waals surface area contributed by atoms with Crippen LogP contribution >= 0.6 is 0 Å². The summed E-state index contributed by atoms with van der Waals surface area (Å²) in [6.45, 7) is 2.17. The Kier molecular flexibility index (Phi) is 7.18. The second-order valence-electron chi connectivity index (χ2n) is 12.0. The Labute approximate surface area is 248 Å². The Hall–Kier alpha value is -4.15. The molecule has 3 N–H and O–H groups in total. The maximum atomic E-state index is 15.5. The number of halogens is 1. The Balaban J connectivity index is 1.20. The van der Waals surface area contributed by atoms with E-state index in [0.29, 0.717) is 33.8 Å². The van der Waals surface area contributed by atoms with Crippen LogP contribution in [0, 0.1) is 11.7 Å². The highest BCUT2D eigenvalue weighted by Gasteiger charge is 2.45. The van der Waals surface area contributed by atoms with Gasteiger partial charge in [-0.2, -0.15) is 0 Å². The fraction of sp³-hybridized carbons (Fsp3) is 0.394. The molecule has 3 aromatic heterocycles. The van der Waals surface area contributed by atoms with E-state index in [-0.39, 0.29) is 28.5 Å². The molecule has 222 valence electrons. The molecule has 9 nitrogen and oxygen atoms in total. The van der Waals surface area contributed by atoms with Crippen molar-refractivity contribution in [2.24, 2.45) is 5.92 Å². The zero-order valence-corrected chi connectivity index (χ0v) is 24.2. The average Bonchev–Trinajstić information content (AvgIpc) is 3.27. The highest BCUT2D eigenvalue weighted by molar-refractivity contribution is 5.95. The number of carbonyl (C=O) groups excluding carboxylic acids is 1. The van der Waals surface area contributed by atoms with Gasteiger partial charge in [0.05, 0.1) is 33.5 Å². The maximum absolute atomic E-state index is 15.5. The van der Waals surface area contributed by atoms with Crippen molar-refractivity contribution in [1.29, 1.82) is 0 Å². The van der Waals surface area contributed by atoms with Crippen molar-refractivity contribution >= 4 is 34.0 Å². The van der Waals surface area contributed by atoms with Gasteiger partial charge in [-0.15, -0.1) is 0 Å². The van der Waals surface area contributed by atoms with Crippen LogP contribution in [0.3, 0.4) is 0 Å². The number of anilines is 3. The summed E-state index contributed by atoms with van der Waals surface area (Å²) in [5, 5.41) is 6.58. The van der Waals surface area contributed by atoms with Gasteiger partial charge in [-0.25, -0.2) is 14.4 Å². The lowest BCUT2D eigenvalue weighted by molar-refractivity contribution is -0.120. The van der Waals surface area contributed by atoms with Gasteiger partial charge < -0.3 is 20.4 Å². The number of rotatable bonds is 5. The van der Waals surface area contributed by atoms with Crippen LogP contribution in [0.1, 0.15) is 56.2 Å². The van der Waals surface area contributed by atoms with E-state index in [9.17, 15) is 9.59 Å². The van der Waals surface area contributed by atoms with E-state index in [1.165, 1.54) is 17.8 Å². The SMILES string of the molecule is CN1Cc2nc(Nc3cc(-c4ccc(NC(=O)C5CCCCC5)cc4F)nc4cc[nH]c(=O)c34)ccc2C12CCOCC2. The van der Waals surface area contributed by atoms with E-state index in [1.54, 1.807) is 24.3 Å². The quantitative estimate of drug-likeness (QED) is 0.271. The number of fused-ring (bicyclic) bond motifs is 3. The van der Waals surface area contributed by atoms with Crippen molar-refractivity contribution in [3.05, 3.63) is 76.1 Å². The van der Waals surface area contributed by atoms with Crippen molar-refractivity contribution in [3.63, 3.8) is 0 Å². The molecule has 0 radical (unpaired) electrons. The number of H-pyrrole nitrogens is 1.